The Morgan fingerprint density at radius 1 is 1.35 bits per heavy atom. The molecule has 0 aromatic rings. The van der Waals surface area contributed by atoms with Crippen molar-refractivity contribution in [2.75, 3.05) is 13.7 Å². The summed E-state index contributed by atoms with van der Waals surface area (Å²) in [7, 11) is 1.33. The first-order valence-electron chi connectivity index (χ1n) is 7.05. The van der Waals surface area contributed by atoms with Crippen molar-refractivity contribution in [1.82, 2.24) is 10.2 Å². The second kappa shape index (κ2) is 6.95. The van der Waals surface area contributed by atoms with E-state index in [2.05, 4.69) is 39.6 Å². The first kappa shape index (κ1) is 17.5. The Kier molecular flexibility index (Phi) is 6.09. The molecule has 1 aliphatic heterocycles. The number of hydrogen-bond donors (Lipinski definition) is 1. The first-order valence-corrected chi connectivity index (χ1v) is 8.13. The number of hydrogen-bond acceptors (Lipinski definition) is 3. The largest absolute Gasteiger partial charge is 0.453 e. The standard InChI is InChI=1S/C14H25IN2O3/c1-9(2)11(16-13(19)20-5)10(3)12(18)17-8-6-7-14(17,4)15/h9-11H,6-8H2,1-5H3,(H,16,19)/t10?,11-,14-/m0/s1. The lowest BCUT2D eigenvalue weighted by molar-refractivity contribution is -0.137. The molecule has 3 atom stereocenters. The van der Waals surface area contributed by atoms with Crippen molar-refractivity contribution in [3.8, 4) is 0 Å². The third-order valence-corrected chi connectivity index (χ3v) is 5.08. The molecule has 1 unspecified atom stereocenters. The fourth-order valence-electron chi connectivity index (χ4n) is 2.73. The summed E-state index contributed by atoms with van der Waals surface area (Å²) in [5.41, 5.74) is 0. The zero-order chi connectivity index (χ0) is 15.5. The van der Waals surface area contributed by atoms with Gasteiger partial charge in [0.05, 0.1) is 16.6 Å². The number of amides is 2. The van der Waals surface area contributed by atoms with Crippen molar-refractivity contribution in [3.63, 3.8) is 0 Å². The van der Waals surface area contributed by atoms with Crippen LogP contribution >= 0.6 is 22.6 Å². The molecule has 0 bridgehead atoms. The summed E-state index contributed by atoms with van der Waals surface area (Å²) >= 11 is 2.34. The van der Waals surface area contributed by atoms with E-state index >= 15 is 0 Å². The zero-order valence-corrected chi connectivity index (χ0v) is 15.1. The normalized spacial score (nSPS) is 25.4. The summed E-state index contributed by atoms with van der Waals surface area (Å²) in [6, 6.07) is -0.220. The molecule has 1 heterocycles. The van der Waals surface area contributed by atoms with Crippen molar-refractivity contribution in [3.05, 3.63) is 0 Å². The van der Waals surface area contributed by atoms with Gasteiger partial charge in [-0.1, -0.05) is 43.4 Å². The number of alkyl halides is 1. The second-order valence-corrected chi connectivity index (χ2v) is 8.25. The van der Waals surface area contributed by atoms with Crippen LogP contribution in [0.15, 0.2) is 0 Å². The number of nitrogens with zero attached hydrogens (tertiary/aromatic N) is 1. The van der Waals surface area contributed by atoms with Crippen molar-refractivity contribution < 1.29 is 14.3 Å². The molecular formula is C14H25IN2O3. The summed E-state index contributed by atoms with van der Waals surface area (Å²) in [4.78, 5) is 26.1. The van der Waals surface area contributed by atoms with Crippen LogP contribution in [0.25, 0.3) is 0 Å². The van der Waals surface area contributed by atoms with E-state index in [4.69, 9.17) is 0 Å². The van der Waals surface area contributed by atoms with Crippen LogP contribution in [0.5, 0.6) is 0 Å². The second-order valence-electron chi connectivity index (χ2n) is 5.93. The predicted octanol–water partition coefficient (Wildman–Crippen LogP) is 2.78. The number of rotatable bonds is 4. The van der Waals surface area contributed by atoms with E-state index in [1.165, 1.54) is 7.11 Å². The van der Waals surface area contributed by atoms with E-state index in [9.17, 15) is 9.59 Å². The molecule has 0 spiro atoms. The van der Waals surface area contributed by atoms with Gasteiger partial charge in [0.1, 0.15) is 0 Å². The third kappa shape index (κ3) is 3.99. The van der Waals surface area contributed by atoms with Crippen LogP contribution in [0, 0.1) is 11.8 Å². The highest BCUT2D eigenvalue weighted by Crippen LogP contribution is 2.36. The Labute approximate surface area is 134 Å². The van der Waals surface area contributed by atoms with Gasteiger partial charge in [0, 0.05) is 12.6 Å². The van der Waals surface area contributed by atoms with Crippen LogP contribution < -0.4 is 5.32 Å². The smallest absolute Gasteiger partial charge is 0.407 e. The van der Waals surface area contributed by atoms with E-state index in [0.29, 0.717) is 0 Å². The van der Waals surface area contributed by atoms with Crippen LogP contribution in [-0.2, 0) is 9.53 Å². The molecule has 1 rings (SSSR count). The Morgan fingerprint density at radius 2 is 1.95 bits per heavy atom. The summed E-state index contributed by atoms with van der Waals surface area (Å²) in [5, 5.41) is 2.79. The predicted molar refractivity (Wildman–Crippen MR) is 86.7 cm³/mol. The Balaban J connectivity index is 2.81. The molecule has 0 saturated carbocycles. The number of likely N-dealkylation sites (tertiary alicyclic amines) is 1. The fraction of sp³-hybridized carbons (Fsp3) is 0.857. The Bertz CT molecular complexity index is 371. The highest BCUT2D eigenvalue weighted by atomic mass is 127. The monoisotopic (exact) mass is 396 g/mol. The highest BCUT2D eigenvalue weighted by molar-refractivity contribution is 14.1. The molecule has 1 N–H and O–H groups in total. The summed E-state index contributed by atoms with van der Waals surface area (Å²) in [6.45, 7) is 8.76. The molecule has 1 fully saturated rings. The lowest BCUT2D eigenvalue weighted by atomic mass is 9.90. The molecule has 20 heavy (non-hydrogen) atoms. The Morgan fingerprint density at radius 3 is 2.35 bits per heavy atom. The van der Waals surface area contributed by atoms with E-state index in [0.717, 1.165) is 19.4 Å². The topological polar surface area (TPSA) is 58.6 Å². The maximum atomic E-state index is 12.7. The lowest BCUT2D eigenvalue weighted by Crippen LogP contribution is -2.51. The van der Waals surface area contributed by atoms with Crippen molar-refractivity contribution in [1.29, 1.82) is 0 Å². The quantitative estimate of drug-likeness (QED) is 0.452. The van der Waals surface area contributed by atoms with Crippen LogP contribution in [0.3, 0.4) is 0 Å². The van der Waals surface area contributed by atoms with Crippen LogP contribution in [0.2, 0.25) is 0 Å². The average Bonchev–Trinajstić information content (AvgIpc) is 2.73. The van der Waals surface area contributed by atoms with Gasteiger partial charge in [-0.05, 0) is 25.7 Å². The SMILES string of the molecule is COC(=O)N[C@@H](C(C)C)C(C)C(=O)N1CCC[C@@]1(C)I. The van der Waals surface area contributed by atoms with Gasteiger partial charge in [-0.2, -0.15) is 0 Å². The molecule has 116 valence electrons. The van der Waals surface area contributed by atoms with Crippen LogP contribution in [0.4, 0.5) is 4.79 Å². The third-order valence-electron chi connectivity index (χ3n) is 3.96. The van der Waals surface area contributed by atoms with Gasteiger partial charge in [0.25, 0.3) is 0 Å². The minimum Gasteiger partial charge on any atom is -0.453 e. The highest BCUT2D eigenvalue weighted by Gasteiger charge is 2.41. The number of nitrogens with one attached hydrogen (secondary N) is 1. The first-order chi connectivity index (χ1) is 9.20. The summed E-state index contributed by atoms with van der Waals surface area (Å²) in [6.07, 6.45) is 1.57. The molecule has 2 amide bonds. The van der Waals surface area contributed by atoms with Crippen molar-refractivity contribution in [2.24, 2.45) is 11.8 Å². The zero-order valence-electron chi connectivity index (χ0n) is 12.9. The number of carbonyl (C=O) groups excluding carboxylic acids is 2. The molecular weight excluding hydrogens is 371 g/mol. The van der Waals surface area contributed by atoms with Crippen LogP contribution in [-0.4, -0.2) is 40.1 Å². The van der Waals surface area contributed by atoms with Crippen LogP contribution in [0.1, 0.15) is 40.5 Å². The molecule has 0 aromatic heterocycles. The average molecular weight is 396 g/mol. The minimum absolute atomic E-state index is 0.106. The van der Waals surface area contributed by atoms with E-state index < -0.39 is 6.09 Å². The number of alkyl carbamates (subject to hydrolysis) is 1. The van der Waals surface area contributed by atoms with Gasteiger partial charge >= 0.3 is 6.09 Å². The molecule has 0 aliphatic carbocycles. The molecule has 1 aliphatic rings. The Hall–Kier alpha value is -0.530. The van der Waals surface area contributed by atoms with E-state index in [-0.39, 0.29) is 27.3 Å². The van der Waals surface area contributed by atoms with Crippen molar-refractivity contribution >= 4 is 34.6 Å². The minimum atomic E-state index is -0.484. The van der Waals surface area contributed by atoms with E-state index in [1.54, 1.807) is 0 Å². The van der Waals surface area contributed by atoms with Crippen molar-refractivity contribution in [2.45, 2.75) is 50.1 Å². The maximum absolute atomic E-state index is 12.7. The molecule has 5 nitrogen and oxygen atoms in total. The fourth-order valence-corrected chi connectivity index (χ4v) is 3.59. The number of carbonyl (C=O) groups is 2. The summed E-state index contributed by atoms with van der Waals surface area (Å²) in [5.74, 6) is 0.00640. The van der Waals surface area contributed by atoms with Gasteiger partial charge in [-0.25, -0.2) is 4.79 Å². The molecule has 0 radical (unpaired) electrons. The van der Waals surface area contributed by atoms with E-state index in [1.807, 2.05) is 25.7 Å². The summed E-state index contributed by atoms with van der Waals surface area (Å²) < 4.78 is 4.54. The van der Waals surface area contributed by atoms with Gasteiger partial charge in [-0.3, -0.25) is 4.79 Å². The number of halogens is 1. The number of ether oxygens (including phenoxy) is 1. The maximum Gasteiger partial charge on any atom is 0.407 e. The molecule has 0 aromatic carbocycles. The molecule has 1 saturated heterocycles. The number of methoxy groups -OCH3 is 1. The molecule has 6 heteroatoms. The van der Waals surface area contributed by atoms with Gasteiger partial charge in [0.2, 0.25) is 5.91 Å². The lowest BCUT2D eigenvalue weighted by Gasteiger charge is -2.35. The van der Waals surface area contributed by atoms with Gasteiger partial charge in [-0.15, -0.1) is 0 Å². The van der Waals surface area contributed by atoms with Gasteiger partial charge < -0.3 is 15.0 Å². The van der Waals surface area contributed by atoms with Gasteiger partial charge in [0.15, 0.2) is 0 Å².